The van der Waals surface area contributed by atoms with Crippen molar-refractivity contribution in [3.05, 3.63) is 27.9 Å². The lowest BCUT2D eigenvalue weighted by molar-refractivity contribution is -0.385. The Morgan fingerprint density at radius 2 is 2.33 bits per heavy atom. The van der Waals surface area contributed by atoms with E-state index in [1.165, 1.54) is 6.20 Å². The Morgan fingerprint density at radius 3 is 2.89 bits per heavy atom. The molecule has 5 nitrogen and oxygen atoms in total. The molecule has 0 saturated carbocycles. The average Bonchev–Trinajstić information content (AvgIpc) is 2.28. The van der Waals surface area contributed by atoms with Gasteiger partial charge in [-0.1, -0.05) is 6.92 Å². The van der Waals surface area contributed by atoms with Gasteiger partial charge in [0.1, 0.15) is 12.0 Å². The molecular formula is C12H19N3O2S. The summed E-state index contributed by atoms with van der Waals surface area (Å²) in [5.74, 6) is 2.94. The van der Waals surface area contributed by atoms with E-state index in [-0.39, 0.29) is 5.69 Å². The number of nitrogens with one attached hydrogen (secondary N) is 1. The summed E-state index contributed by atoms with van der Waals surface area (Å²) in [6.07, 6.45) is 2.36. The van der Waals surface area contributed by atoms with Crippen LogP contribution in [0.1, 0.15) is 25.8 Å². The number of pyridine rings is 1. The second kappa shape index (κ2) is 7.20. The first-order chi connectivity index (χ1) is 8.54. The minimum absolute atomic E-state index is 0.0646. The molecule has 0 spiro atoms. The summed E-state index contributed by atoms with van der Waals surface area (Å²) < 4.78 is 0. The van der Waals surface area contributed by atoms with Crippen LogP contribution in [0.5, 0.6) is 0 Å². The second-order valence-corrected chi connectivity index (χ2v) is 5.54. The van der Waals surface area contributed by atoms with Gasteiger partial charge >= 0.3 is 0 Å². The van der Waals surface area contributed by atoms with Crippen LogP contribution in [0.4, 0.5) is 11.5 Å². The molecule has 1 heterocycles. The van der Waals surface area contributed by atoms with Crippen molar-refractivity contribution < 1.29 is 4.92 Å². The van der Waals surface area contributed by atoms with E-state index in [1.807, 2.05) is 11.8 Å². The molecule has 0 aliphatic rings. The van der Waals surface area contributed by atoms with Crippen molar-refractivity contribution in [1.29, 1.82) is 0 Å². The molecule has 0 bridgehead atoms. The number of hydrogen-bond acceptors (Lipinski definition) is 5. The maximum Gasteiger partial charge on any atom is 0.290 e. The maximum atomic E-state index is 10.7. The van der Waals surface area contributed by atoms with Gasteiger partial charge in [0.15, 0.2) is 0 Å². The minimum Gasteiger partial charge on any atom is -0.368 e. The number of aromatic nitrogens is 1. The Morgan fingerprint density at radius 1 is 1.61 bits per heavy atom. The first-order valence-electron chi connectivity index (χ1n) is 6.00. The Balaban J connectivity index is 2.57. The van der Waals surface area contributed by atoms with Crippen LogP contribution in [0.15, 0.2) is 12.3 Å². The largest absolute Gasteiger partial charge is 0.368 e. The number of anilines is 1. The van der Waals surface area contributed by atoms with Gasteiger partial charge in [-0.2, -0.15) is 11.8 Å². The monoisotopic (exact) mass is 269 g/mol. The topological polar surface area (TPSA) is 68.1 Å². The SMILES string of the molecule is CCSCCC(C)Nc1cc(C)c([N+](=O)[O-])cn1. The van der Waals surface area contributed by atoms with Crippen LogP contribution in [0, 0.1) is 17.0 Å². The molecule has 1 aromatic heterocycles. The van der Waals surface area contributed by atoms with Crippen LogP contribution in [-0.2, 0) is 0 Å². The Labute approximate surface area is 112 Å². The molecule has 18 heavy (non-hydrogen) atoms. The molecule has 1 unspecified atom stereocenters. The number of aryl methyl sites for hydroxylation is 1. The Bertz CT molecular complexity index is 412. The van der Waals surface area contributed by atoms with Crippen molar-refractivity contribution >= 4 is 23.3 Å². The molecule has 0 radical (unpaired) electrons. The van der Waals surface area contributed by atoms with E-state index in [0.29, 0.717) is 17.4 Å². The second-order valence-electron chi connectivity index (χ2n) is 4.14. The molecule has 0 fully saturated rings. The lowest BCUT2D eigenvalue weighted by atomic mass is 10.2. The van der Waals surface area contributed by atoms with E-state index in [0.717, 1.165) is 17.9 Å². The van der Waals surface area contributed by atoms with Gasteiger partial charge in [-0.25, -0.2) is 4.98 Å². The molecule has 0 aromatic carbocycles. The molecule has 1 N–H and O–H groups in total. The molecule has 100 valence electrons. The number of thioether (sulfide) groups is 1. The summed E-state index contributed by atoms with van der Waals surface area (Å²) in [6, 6.07) is 2.04. The summed E-state index contributed by atoms with van der Waals surface area (Å²) in [5, 5.41) is 13.9. The van der Waals surface area contributed by atoms with Gasteiger partial charge < -0.3 is 5.32 Å². The predicted octanol–water partition coefficient (Wildman–Crippen LogP) is 3.24. The Kier molecular flexibility index (Phi) is 5.91. The first-order valence-corrected chi connectivity index (χ1v) is 7.15. The van der Waals surface area contributed by atoms with E-state index in [1.54, 1.807) is 13.0 Å². The van der Waals surface area contributed by atoms with Crippen molar-refractivity contribution in [3.63, 3.8) is 0 Å². The highest BCUT2D eigenvalue weighted by Gasteiger charge is 2.12. The predicted molar refractivity (Wildman–Crippen MR) is 76.3 cm³/mol. The van der Waals surface area contributed by atoms with Crippen molar-refractivity contribution in [2.45, 2.75) is 33.2 Å². The molecule has 6 heteroatoms. The van der Waals surface area contributed by atoms with E-state index in [4.69, 9.17) is 0 Å². The van der Waals surface area contributed by atoms with Crippen molar-refractivity contribution in [1.82, 2.24) is 4.98 Å². The maximum absolute atomic E-state index is 10.7. The highest BCUT2D eigenvalue weighted by atomic mass is 32.2. The van der Waals surface area contributed by atoms with Gasteiger partial charge in [-0.05, 0) is 37.8 Å². The third-order valence-corrected chi connectivity index (χ3v) is 3.51. The normalized spacial score (nSPS) is 12.2. The van der Waals surface area contributed by atoms with Crippen LogP contribution in [0.25, 0.3) is 0 Å². The molecule has 0 aliphatic carbocycles. The first kappa shape index (κ1) is 14.8. The third kappa shape index (κ3) is 4.52. The zero-order valence-corrected chi connectivity index (χ0v) is 11.8. The van der Waals surface area contributed by atoms with Gasteiger partial charge in [0.2, 0.25) is 0 Å². The number of nitrogens with zero attached hydrogens (tertiary/aromatic N) is 2. The van der Waals surface area contributed by atoms with Gasteiger partial charge in [0, 0.05) is 11.6 Å². The molecule has 1 aromatic rings. The van der Waals surface area contributed by atoms with Crippen LogP contribution in [0.3, 0.4) is 0 Å². The summed E-state index contributed by atoms with van der Waals surface area (Å²) >= 11 is 1.91. The number of hydrogen-bond donors (Lipinski definition) is 1. The smallest absolute Gasteiger partial charge is 0.290 e. The summed E-state index contributed by atoms with van der Waals surface area (Å²) in [4.78, 5) is 14.3. The van der Waals surface area contributed by atoms with E-state index in [9.17, 15) is 10.1 Å². The summed E-state index contributed by atoms with van der Waals surface area (Å²) in [7, 11) is 0. The molecule has 1 rings (SSSR count). The van der Waals surface area contributed by atoms with Crippen molar-refractivity contribution in [2.24, 2.45) is 0 Å². The fourth-order valence-electron chi connectivity index (χ4n) is 1.55. The van der Waals surface area contributed by atoms with Crippen LogP contribution in [-0.4, -0.2) is 27.5 Å². The lowest BCUT2D eigenvalue weighted by Crippen LogP contribution is -2.17. The molecule has 0 saturated heterocycles. The standard InChI is InChI=1S/C12H19N3O2S/c1-4-18-6-5-10(3)14-12-7-9(2)11(8-13-12)15(16)17/h7-8,10H,4-6H2,1-3H3,(H,13,14). The molecular weight excluding hydrogens is 250 g/mol. The Hall–Kier alpha value is -1.30. The van der Waals surface area contributed by atoms with Crippen molar-refractivity contribution in [2.75, 3.05) is 16.8 Å². The minimum atomic E-state index is -0.409. The van der Waals surface area contributed by atoms with Gasteiger partial charge in [0.05, 0.1) is 4.92 Å². The molecule has 1 atom stereocenters. The van der Waals surface area contributed by atoms with Crippen LogP contribution >= 0.6 is 11.8 Å². The van der Waals surface area contributed by atoms with E-state index in [2.05, 4.69) is 24.1 Å². The van der Waals surface area contributed by atoms with Crippen molar-refractivity contribution in [3.8, 4) is 0 Å². The fourth-order valence-corrected chi connectivity index (χ4v) is 2.36. The van der Waals surface area contributed by atoms with E-state index < -0.39 is 4.92 Å². The highest BCUT2D eigenvalue weighted by molar-refractivity contribution is 7.99. The molecule has 0 aliphatic heterocycles. The number of nitro groups is 1. The van der Waals surface area contributed by atoms with Gasteiger partial charge in [-0.15, -0.1) is 0 Å². The summed E-state index contributed by atoms with van der Waals surface area (Å²) in [5.41, 5.74) is 0.697. The molecule has 0 amide bonds. The van der Waals surface area contributed by atoms with Crippen LogP contribution < -0.4 is 5.32 Å². The van der Waals surface area contributed by atoms with E-state index >= 15 is 0 Å². The zero-order chi connectivity index (χ0) is 13.5. The number of rotatable bonds is 7. The quantitative estimate of drug-likeness (QED) is 0.467. The third-order valence-electron chi connectivity index (χ3n) is 2.57. The summed E-state index contributed by atoms with van der Waals surface area (Å²) in [6.45, 7) is 5.96. The zero-order valence-electron chi connectivity index (χ0n) is 11.0. The highest BCUT2D eigenvalue weighted by Crippen LogP contribution is 2.19. The van der Waals surface area contributed by atoms with Crippen LogP contribution in [0.2, 0.25) is 0 Å². The average molecular weight is 269 g/mol. The van der Waals surface area contributed by atoms with Gasteiger partial charge in [-0.3, -0.25) is 10.1 Å². The lowest BCUT2D eigenvalue weighted by Gasteiger charge is -2.14. The fraction of sp³-hybridized carbons (Fsp3) is 0.583. The van der Waals surface area contributed by atoms with Gasteiger partial charge in [0.25, 0.3) is 5.69 Å².